The van der Waals surface area contributed by atoms with Gasteiger partial charge in [-0.05, 0) is 49.4 Å². The average molecular weight is 399 g/mol. The number of aromatic nitrogens is 1. The van der Waals surface area contributed by atoms with E-state index in [0.717, 1.165) is 44.7 Å². The number of piperidine rings is 1. The third kappa shape index (κ3) is 6.53. The van der Waals surface area contributed by atoms with Gasteiger partial charge < -0.3 is 10.2 Å². The fourth-order valence-electron chi connectivity index (χ4n) is 3.82. The number of nitrogens with one attached hydrogen (secondary N) is 1. The highest BCUT2D eigenvalue weighted by Crippen LogP contribution is 2.22. The summed E-state index contributed by atoms with van der Waals surface area (Å²) in [7, 11) is 3.98. The standard InChI is InChI=1S/C23H31FN4O/c1-27(2)22-11-9-19(14-25-22)17-28-13-5-6-18(16-28)10-12-23(29)26-15-20-7-3-4-8-21(20)24/h3-4,7-9,11,14,18H,5-6,10,12-13,15-17H2,1-2H3,(H,26,29). The molecule has 1 aliphatic heterocycles. The lowest BCUT2D eigenvalue weighted by Gasteiger charge is -2.32. The first kappa shape index (κ1) is 21.2. The molecule has 1 unspecified atom stereocenters. The van der Waals surface area contributed by atoms with Crippen molar-refractivity contribution in [2.45, 2.75) is 38.8 Å². The summed E-state index contributed by atoms with van der Waals surface area (Å²) in [5.74, 6) is 1.21. The molecule has 0 spiro atoms. The lowest BCUT2D eigenvalue weighted by Crippen LogP contribution is -2.35. The van der Waals surface area contributed by atoms with E-state index in [1.807, 2.05) is 25.2 Å². The molecule has 1 atom stereocenters. The summed E-state index contributed by atoms with van der Waals surface area (Å²) < 4.78 is 13.6. The topological polar surface area (TPSA) is 48.5 Å². The Kier molecular flexibility index (Phi) is 7.58. The molecule has 156 valence electrons. The lowest BCUT2D eigenvalue weighted by atomic mass is 9.93. The molecule has 1 aromatic heterocycles. The highest BCUT2D eigenvalue weighted by atomic mass is 19.1. The van der Waals surface area contributed by atoms with Gasteiger partial charge in [0.25, 0.3) is 0 Å². The van der Waals surface area contributed by atoms with Gasteiger partial charge in [-0.15, -0.1) is 0 Å². The number of amides is 1. The highest BCUT2D eigenvalue weighted by Gasteiger charge is 2.21. The number of carbonyl (C=O) groups is 1. The van der Waals surface area contributed by atoms with Crippen molar-refractivity contribution >= 4 is 11.7 Å². The van der Waals surface area contributed by atoms with E-state index in [2.05, 4.69) is 27.3 Å². The Bertz CT molecular complexity index is 794. The van der Waals surface area contributed by atoms with Gasteiger partial charge in [0.05, 0.1) is 0 Å². The first-order valence-corrected chi connectivity index (χ1v) is 10.4. The molecule has 1 saturated heterocycles. The van der Waals surface area contributed by atoms with Gasteiger partial charge in [0.15, 0.2) is 0 Å². The van der Waals surface area contributed by atoms with Crippen LogP contribution >= 0.6 is 0 Å². The molecule has 5 nitrogen and oxygen atoms in total. The van der Waals surface area contributed by atoms with Gasteiger partial charge in [-0.2, -0.15) is 0 Å². The van der Waals surface area contributed by atoms with Crippen molar-refractivity contribution in [2.75, 3.05) is 32.1 Å². The van der Waals surface area contributed by atoms with Crippen molar-refractivity contribution < 1.29 is 9.18 Å². The first-order chi connectivity index (χ1) is 14.0. The molecular formula is C23H31FN4O. The van der Waals surface area contributed by atoms with Crippen molar-refractivity contribution in [2.24, 2.45) is 5.92 Å². The smallest absolute Gasteiger partial charge is 0.220 e. The Labute approximate surface area is 172 Å². The van der Waals surface area contributed by atoms with Crippen molar-refractivity contribution in [3.8, 4) is 0 Å². The van der Waals surface area contributed by atoms with Gasteiger partial charge in [0.1, 0.15) is 11.6 Å². The maximum atomic E-state index is 13.6. The van der Waals surface area contributed by atoms with Crippen LogP contribution in [0.4, 0.5) is 10.2 Å². The number of benzene rings is 1. The van der Waals surface area contributed by atoms with E-state index in [-0.39, 0.29) is 18.3 Å². The van der Waals surface area contributed by atoms with Crippen LogP contribution < -0.4 is 10.2 Å². The lowest BCUT2D eigenvalue weighted by molar-refractivity contribution is -0.121. The van der Waals surface area contributed by atoms with E-state index in [4.69, 9.17) is 0 Å². The number of anilines is 1. The molecule has 0 bridgehead atoms. The molecule has 3 rings (SSSR count). The third-order valence-electron chi connectivity index (χ3n) is 5.49. The number of carbonyl (C=O) groups excluding carboxylic acids is 1. The zero-order valence-corrected chi connectivity index (χ0v) is 17.4. The fraction of sp³-hybridized carbons (Fsp3) is 0.478. The number of hydrogen-bond acceptors (Lipinski definition) is 4. The molecule has 1 fully saturated rings. The van der Waals surface area contributed by atoms with Gasteiger partial charge in [0, 0.05) is 51.9 Å². The van der Waals surface area contributed by atoms with Crippen LogP contribution in [0, 0.1) is 11.7 Å². The Balaban J connectivity index is 1.41. The summed E-state index contributed by atoms with van der Waals surface area (Å²) in [5.41, 5.74) is 1.75. The fourth-order valence-corrected chi connectivity index (χ4v) is 3.82. The number of nitrogens with zero attached hydrogens (tertiary/aromatic N) is 3. The minimum absolute atomic E-state index is 0.00569. The summed E-state index contributed by atoms with van der Waals surface area (Å²) in [6.07, 6.45) is 5.64. The summed E-state index contributed by atoms with van der Waals surface area (Å²) in [4.78, 5) is 21.1. The van der Waals surface area contributed by atoms with Crippen molar-refractivity contribution in [3.63, 3.8) is 0 Å². The monoisotopic (exact) mass is 398 g/mol. The third-order valence-corrected chi connectivity index (χ3v) is 5.49. The van der Waals surface area contributed by atoms with Gasteiger partial charge in [-0.3, -0.25) is 9.69 Å². The van der Waals surface area contributed by atoms with Crippen molar-refractivity contribution in [3.05, 3.63) is 59.5 Å². The maximum absolute atomic E-state index is 13.6. The second-order valence-electron chi connectivity index (χ2n) is 8.07. The van der Waals surface area contributed by atoms with Crippen LogP contribution in [-0.2, 0) is 17.9 Å². The Morgan fingerprint density at radius 1 is 1.28 bits per heavy atom. The minimum Gasteiger partial charge on any atom is -0.363 e. The van der Waals surface area contributed by atoms with E-state index in [9.17, 15) is 9.18 Å². The molecule has 2 aromatic rings. The quantitative estimate of drug-likeness (QED) is 0.738. The summed E-state index contributed by atoms with van der Waals surface area (Å²) in [6.45, 7) is 3.25. The van der Waals surface area contributed by atoms with Crippen LogP contribution in [0.3, 0.4) is 0 Å². The highest BCUT2D eigenvalue weighted by molar-refractivity contribution is 5.75. The van der Waals surface area contributed by atoms with Crippen LogP contribution in [0.5, 0.6) is 0 Å². The number of rotatable bonds is 8. The molecule has 0 radical (unpaired) electrons. The van der Waals surface area contributed by atoms with Crippen molar-refractivity contribution in [1.29, 1.82) is 0 Å². The summed E-state index contributed by atoms with van der Waals surface area (Å²) in [6, 6.07) is 10.8. The normalized spacial score (nSPS) is 17.1. The molecule has 29 heavy (non-hydrogen) atoms. The molecule has 2 heterocycles. The molecule has 1 N–H and O–H groups in total. The molecule has 0 aliphatic carbocycles. The first-order valence-electron chi connectivity index (χ1n) is 10.4. The number of likely N-dealkylation sites (tertiary alicyclic amines) is 1. The minimum atomic E-state index is -0.274. The number of hydrogen-bond donors (Lipinski definition) is 1. The average Bonchev–Trinajstić information content (AvgIpc) is 2.72. The van der Waals surface area contributed by atoms with Crippen LogP contribution in [0.15, 0.2) is 42.6 Å². The maximum Gasteiger partial charge on any atom is 0.220 e. The van der Waals surface area contributed by atoms with Gasteiger partial charge in [0.2, 0.25) is 5.91 Å². The molecule has 1 amide bonds. The molecular weight excluding hydrogens is 367 g/mol. The predicted molar refractivity (Wildman–Crippen MR) is 114 cm³/mol. The Morgan fingerprint density at radius 3 is 2.83 bits per heavy atom. The van der Waals surface area contributed by atoms with Crippen LogP contribution in [0.25, 0.3) is 0 Å². The van der Waals surface area contributed by atoms with Gasteiger partial charge >= 0.3 is 0 Å². The SMILES string of the molecule is CN(C)c1ccc(CN2CCCC(CCC(=O)NCc3ccccc3F)C2)cn1. The molecule has 0 saturated carbocycles. The Hall–Kier alpha value is -2.47. The zero-order valence-electron chi connectivity index (χ0n) is 17.4. The number of halogens is 1. The zero-order chi connectivity index (χ0) is 20.6. The van der Waals surface area contributed by atoms with Gasteiger partial charge in [-0.25, -0.2) is 9.37 Å². The van der Waals surface area contributed by atoms with E-state index >= 15 is 0 Å². The molecule has 1 aliphatic rings. The van der Waals surface area contributed by atoms with Crippen LogP contribution in [-0.4, -0.2) is 43.0 Å². The van der Waals surface area contributed by atoms with Gasteiger partial charge in [-0.1, -0.05) is 24.3 Å². The summed E-state index contributed by atoms with van der Waals surface area (Å²) >= 11 is 0. The van der Waals surface area contributed by atoms with E-state index in [1.54, 1.807) is 18.2 Å². The number of pyridine rings is 1. The van der Waals surface area contributed by atoms with E-state index in [1.165, 1.54) is 11.6 Å². The van der Waals surface area contributed by atoms with Crippen LogP contribution in [0.2, 0.25) is 0 Å². The van der Waals surface area contributed by atoms with Crippen molar-refractivity contribution in [1.82, 2.24) is 15.2 Å². The Morgan fingerprint density at radius 2 is 2.10 bits per heavy atom. The van der Waals surface area contributed by atoms with Crippen LogP contribution in [0.1, 0.15) is 36.8 Å². The summed E-state index contributed by atoms with van der Waals surface area (Å²) in [5, 5.41) is 2.84. The van der Waals surface area contributed by atoms with E-state index in [0.29, 0.717) is 17.9 Å². The largest absolute Gasteiger partial charge is 0.363 e. The second-order valence-corrected chi connectivity index (χ2v) is 8.07. The second kappa shape index (κ2) is 10.3. The van der Waals surface area contributed by atoms with E-state index < -0.39 is 0 Å². The molecule has 6 heteroatoms. The molecule has 1 aromatic carbocycles. The predicted octanol–water partition coefficient (Wildman–Crippen LogP) is 3.60.